The maximum absolute atomic E-state index is 12.5. The molecule has 7 nitrogen and oxygen atoms in total. The monoisotopic (exact) mass is 314 g/mol. The van der Waals surface area contributed by atoms with E-state index in [1.807, 2.05) is 0 Å². The summed E-state index contributed by atoms with van der Waals surface area (Å²) in [6.45, 7) is 4.33. The topological polar surface area (TPSA) is 67.7 Å². The second-order valence-corrected chi connectivity index (χ2v) is 7.57. The number of nitrogens with zero attached hydrogens (tertiary/aromatic N) is 4. The molecule has 118 valence electrons. The summed E-state index contributed by atoms with van der Waals surface area (Å²) in [7, 11) is -1.67. The van der Waals surface area contributed by atoms with Crippen LogP contribution in [0.4, 0.5) is 0 Å². The van der Waals surface area contributed by atoms with Crippen LogP contribution in [0.15, 0.2) is 17.3 Å². The molecule has 0 aromatic carbocycles. The van der Waals surface area contributed by atoms with Gasteiger partial charge in [-0.2, -0.15) is 9.40 Å². The minimum absolute atomic E-state index is 0.282. The molecule has 1 aromatic rings. The number of sulfonamides is 1. The first-order valence-corrected chi connectivity index (χ1v) is 8.82. The third kappa shape index (κ3) is 3.13. The van der Waals surface area contributed by atoms with Gasteiger partial charge in [0.2, 0.25) is 10.0 Å². The Morgan fingerprint density at radius 3 is 2.43 bits per heavy atom. The zero-order chi connectivity index (χ0) is 14.9. The van der Waals surface area contributed by atoms with Crippen LogP contribution in [0.1, 0.15) is 12.8 Å². The molecule has 0 saturated carbocycles. The summed E-state index contributed by atoms with van der Waals surface area (Å²) in [5.41, 5.74) is 0. The Hall–Kier alpha value is -0.960. The standard InChI is InChI=1S/C13H22N4O3S/c1-15-11-13(10-14-15)21(18,19)17-6-4-16(5-7-17)12-2-8-20-9-3-12/h10-12H,2-9H2,1H3. The van der Waals surface area contributed by atoms with Crippen molar-refractivity contribution in [1.29, 1.82) is 0 Å². The third-order valence-corrected chi connectivity index (χ3v) is 6.15. The maximum atomic E-state index is 12.5. The molecule has 2 aliphatic heterocycles. The van der Waals surface area contributed by atoms with E-state index in [9.17, 15) is 8.42 Å². The number of aryl methyl sites for hydroxylation is 1. The average molecular weight is 314 g/mol. The summed E-state index contributed by atoms with van der Waals surface area (Å²) in [5.74, 6) is 0. The van der Waals surface area contributed by atoms with Crippen molar-refractivity contribution >= 4 is 10.0 Å². The first kappa shape index (κ1) is 15.0. The van der Waals surface area contributed by atoms with Crippen LogP contribution in [-0.2, 0) is 21.8 Å². The van der Waals surface area contributed by atoms with E-state index < -0.39 is 10.0 Å². The molecule has 0 atom stereocenters. The Bertz CT molecular complexity index is 572. The van der Waals surface area contributed by atoms with Crippen molar-refractivity contribution < 1.29 is 13.2 Å². The van der Waals surface area contributed by atoms with Gasteiger partial charge in [-0.1, -0.05) is 0 Å². The molecule has 0 bridgehead atoms. The highest BCUT2D eigenvalue weighted by Gasteiger charge is 2.32. The summed E-state index contributed by atoms with van der Waals surface area (Å²) in [5, 5.41) is 3.95. The lowest BCUT2D eigenvalue weighted by atomic mass is 10.1. The molecule has 0 N–H and O–H groups in total. The molecule has 0 spiro atoms. The molecule has 0 aliphatic carbocycles. The van der Waals surface area contributed by atoms with Gasteiger partial charge < -0.3 is 4.74 Å². The molecule has 1 aromatic heterocycles. The van der Waals surface area contributed by atoms with Crippen molar-refractivity contribution in [3.8, 4) is 0 Å². The Kier molecular flexibility index (Phi) is 4.30. The SMILES string of the molecule is Cn1cc(S(=O)(=O)N2CCN(C3CCOCC3)CC2)cn1. The van der Waals surface area contributed by atoms with Gasteiger partial charge >= 0.3 is 0 Å². The minimum atomic E-state index is -3.40. The van der Waals surface area contributed by atoms with Gasteiger partial charge in [-0.05, 0) is 12.8 Å². The molecule has 0 unspecified atom stereocenters. The van der Waals surface area contributed by atoms with Gasteiger partial charge in [0.1, 0.15) is 4.90 Å². The van der Waals surface area contributed by atoms with Crippen molar-refractivity contribution in [2.45, 2.75) is 23.8 Å². The van der Waals surface area contributed by atoms with Crippen molar-refractivity contribution in [3.63, 3.8) is 0 Å². The Labute approximate surface area is 125 Å². The molecule has 2 aliphatic rings. The van der Waals surface area contributed by atoms with E-state index in [0.717, 1.165) is 39.1 Å². The van der Waals surface area contributed by atoms with Gasteiger partial charge in [0, 0.05) is 58.7 Å². The summed E-state index contributed by atoms with van der Waals surface area (Å²) < 4.78 is 33.5. The first-order valence-electron chi connectivity index (χ1n) is 7.38. The van der Waals surface area contributed by atoms with Crippen LogP contribution in [0.5, 0.6) is 0 Å². The van der Waals surface area contributed by atoms with Crippen LogP contribution in [0.3, 0.4) is 0 Å². The van der Waals surface area contributed by atoms with Crippen molar-refractivity contribution in [1.82, 2.24) is 19.0 Å². The van der Waals surface area contributed by atoms with E-state index in [2.05, 4.69) is 10.00 Å². The highest BCUT2D eigenvalue weighted by Crippen LogP contribution is 2.20. The van der Waals surface area contributed by atoms with E-state index >= 15 is 0 Å². The summed E-state index contributed by atoms with van der Waals surface area (Å²) in [6, 6.07) is 0.544. The van der Waals surface area contributed by atoms with Gasteiger partial charge in [0.15, 0.2) is 0 Å². The van der Waals surface area contributed by atoms with Crippen LogP contribution >= 0.6 is 0 Å². The molecule has 0 radical (unpaired) electrons. The lowest BCUT2D eigenvalue weighted by Gasteiger charge is -2.39. The zero-order valence-electron chi connectivity index (χ0n) is 12.3. The molecule has 21 heavy (non-hydrogen) atoms. The Morgan fingerprint density at radius 2 is 1.86 bits per heavy atom. The normalized spacial score (nSPS) is 23.5. The first-order chi connectivity index (χ1) is 10.1. The number of hydrogen-bond donors (Lipinski definition) is 0. The molecular weight excluding hydrogens is 292 g/mol. The summed E-state index contributed by atoms with van der Waals surface area (Å²) in [6.07, 6.45) is 5.07. The molecule has 2 fully saturated rings. The van der Waals surface area contributed by atoms with E-state index in [0.29, 0.717) is 19.1 Å². The minimum Gasteiger partial charge on any atom is -0.381 e. The van der Waals surface area contributed by atoms with E-state index in [1.54, 1.807) is 17.5 Å². The number of piperazine rings is 1. The molecule has 0 amide bonds. The van der Waals surface area contributed by atoms with Gasteiger partial charge in [0.25, 0.3) is 0 Å². The largest absolute Gasteiger partial charge is 0.381 e. The smallest absolute Gasteiger partial charge is 0.246 e. The Morgan fingerprint density at radius 1 is 1.19 bits per heavy atom. The number of rotatable bonds is 3. The molecule has 2 saturated heterocycles. The fraction of sp³-hybridized carbons (Fsp3) is 0.769. The fourth-order valence-corrected chi connectivity index (χ4v) is 4.45. The van der Waals surface area contributed by atoms with Crippen LogP contribution in [-0.4, -0.2) is 72.8 Å². The van der Waals surface area contributed by atoms with E-state index in [1.165, 1.54) is 10.9 Å². The lowest BCUT2D eigenvalue weighted by molar-refractivity contribution is 0.0229. The van der Waals surface area contributed by atoms with Gasteiger partial charge in [-0.25, -0.2) is 8.42 Å². The average Bonchev–Trinajstić information content (AvgIpc) is 2.96. The second kappa shape index (κ2) is 6.04. The quantitative estimate of drug-likeness (QED) is 0.780. The predicted octanol–water partition coefficient (Wildman–Crippen LogP) is -0.0946. The summed E-state index contributed by atoms with van der Waals surface area (Å²) in [4.78, 5) is 2.68. The van der Waals surface area contributed by atoms with Crippen molar-refractivity contribution in [2.75, 3.05) is 39.4 Å². The molecule has 8 heteroatoms. The number of ether oxygens (including phenoxy) is 1. The van der Waals surface area contributed by atoms with Crippen LogP contribution in [0, 0.1) is 0 Å². The zero-order valence-corrected chi connectivity index (χ0v) is 13.1. The molecule has 3 rings (SSSR count). The van der Waals surface area contributed by atoms with Crippen molar-refractivity contribution in [3.05, 3.63) is 12.4 Å². The van der Waals surface area contributed by atoms with E-state index in [4.69, 9.17) is 4.74 Å². The maximum Gasteiger partial charge on any atom is 0.246 e. The Balaban J connectivity index is 1.62. The molecular formula is C13H22N4O3S. The summed E-state index contributed by atoms with van der Waals surface area (Å²) >= 11 is 0. The highest BCUT2D eigenvalue weighted by atomic mass is 32.2. The van der Waals surface area contributed by atoms with Crippen LogP contribution in [0.25, 0.3) is 0 Å². The number of aromatic nitrogens is 2. The van der Waals surface area contributed by atoms with Crippen LogP contribution in [0.2, 0.25) is 0 Å². The van der Waals surface area contributed by atoms with Gasteiger partial charge in [0.05, 0.1) is 6.20 Å². The third-order valence-electron chi connectivity index (χ3n) is 4.30. The van der Waals surface area contributed by atoms with Gasteiger partial charge in [-0.3, -0.25) is 9.58 Å². The van der Waals surface area contributed by atoms with Crippen molar-refractivity contribution in [2.24, 2.45) is 7.05 Å². The highest BCUT2D eigenvalue weighted by molar-refractivity contribution is 7.89. The fourth-order valence-electron chi connectivity index (χ4n) is 3.04. The van der Waals surface area contributed by atoms with Crippen LogP contribution < -0.4 is 0 Å². The predicted molar refractivity (Wildman–Crippen MR) is 77.4 cm³/mol. The molecule has 3 heterocycles. The van der Waals surface area contributed by atoms with E-state index in [-0.39, 0.29) is 4.90 Å². The second-order valence-electron chi connectivity index (χ2n) is 5.63. The number of hydrogen-bond acceptors (Lipinski definition) is 5. The van der Waals surface area contributed by atoms with Gasteiger partial charge in [-0.15, -0.1) is 0 Å². The lowest BCUT2D eigenvalue weighted by Crippen LogP contribution is -2.52.